The van der Waals surface area contributed by atoms with Crippen molar-refractivity contribution in [2.75, 3.05) is 13.2 Å². The Morgan fingerprint density at radius 1 is 1.03 bits per heavy atom. The highest BCUT2D eigenvalue weighted by Gasteiger charge is 2.67. The van der Waals surface area contributed by atoms with Crippen LogP contribution in [0.1, 0.15) is 98.3 Å². The van der Waals surface area contributed by atoms with Crippen LogP contribution in [0.3, 0.4) is 0 Å². The molecule has 188 valence electrons. The van der Waals surface area contributed by atoms with Gasteiger partial charge in [0.25, 0.3) is 0 Å². The van der Waals surface area contributed by atoms with Gasteiger partial charge in [-0.05, 0) is 107 Å². The van der Waals surface area contributed by atoms with Gasteiger partial charge in [-0.3, -0.25) is 10.1 Å². The number of esters is 1. The van der Waals surface area contributed by atoms with Gasteiger partial charge in [-0.25, -0.2) is 4.89 Å². The van der Waals surface area contributed by atoms with E-state index >= 15 is 0 Å². The van der Waals surface area contributed by atoms with Crippen LogP contribution in [0.25, 0.3) is 0 Å². The molecule has 1 N–H and O–H groups in total. The fraction of sp³-hybridized carbons (Fsp3) is 0.963. The molecular formula is C27H44O6. The van der Waals surface area contributed by atoms with Crippen LogP contribution in [0.5, 0.6) is 0 Å². The molecule has 6 nitrogen and oxygen atoms in total. The summed E-state index contributed by atoms with van der Waals surface area (Å²) in [4.78, 5) is 16.5. The summed E-state index contributed by atoms with van der Waals surface area (Å²) in [7, 11) is 0. The molecule has 5 fully saturated rings. The van der Waals surface area contributed by atoms with Crippen LogP contribution in [0.4, 0.5) is 0 Å². The molecule has 4 saturated carbocycles. The van der Waals surface area contributed by atoms with Gasteiger partial charge in [0, 0.05) is 18.8 Å². The Labute approximate surface area is 199 Å². The molecule has 1 heterocycles. The first-order valence-electron chi connectivity index (χ1n) is 13.4. The Kier molecular flexibility index (Phi) is 6.16. The van der Waals surface area contributed by atoms with Crippen molar-refractivity contribution in [1.82, 2.24) is 0 Å². The molecule has 5 aliphatic rings. The molecule has 0 bridgehead atoms. The molecule has 0 aromatic heterocycles. The molecule has 0 radical (unpaired) electrons. The Bertz CT molecular complexity index is 745. The minimum atomic E-state index is -0.537. The van der Waals surface area contributed by atoms with E-state index in [0.29, 0.717) is 23.7 Å². The van der Waals surface area contributed by atoms with Crippen LogP contribution < -0.4 is 0 Å². The van der Waals surface area contributed by atoms with Crippen molar-refractivity contribution in [1.29, 1.82) is 0 Å². The lowest BCUT2D eigenvalue weighted by Gasteiger charge is -2.63. The van der Waals surface area contributed by atoms with E-state index in [4.69, 9.17) is 19.1 Å². The molecule has 6 heteroatoms. The first kappa shape index (κ1) is 24.0. The average Bonchev–Trinajstić information content (AvgIpc) is 3.38. The highest BCUT2D eigenvalue weighted by Crippen LogP contribution is 2.70. The second kappa shape index (κ2) is 8.46. The molecule has 33 heavy (non-hydrogen) atoms. The fourth-order valence-corrected chi connectivity index (χ4v) is 9.32. The van der Waals surface area contributed by atoms with Crippen molar-refractivity contribution in [3.05, 3.63) is 0 Å². The van der Waals surface area contributed by atoms with Crippen LogP contribution in [-0.2, 0) is 23.9 Å². The number of hydrogen-bond acceptors (Lipinski definition) is 6. The molecule has 0 aromatic rings. The van der Waals surface area contributed by atoms with E-state index in [-0.39, 0.29) is 28.7 Å². The van der Waals surface area contributed by atoms with Gasteiger partial charge in [0.15, 0.2) is 5.79 Å². The molecule has 0 amide bonds. The number of fused-ring (bicyclic) bond motifs is 6. The number of hydrogen-bond donors (Lipinski definition) is 1. The first-order valence-corrected chi connectivity index (χ1v) is 13.4. The van der Waals surface area contributed by atoms with Gasteiger partial charge < -0.3 is 14.2 Å². The summed E-state index contributed by atoms with van der Waals surface area (Å²) < 4.78 is 18.4. The van der Waals surface area contributed by atoms with Gasteiger partial charge in [0.05, 0.1) is 18.8 Å². The van der Waals surface area contributed by atoms with Gasteiger partial charge in [-0.1, -0.05) is 6.92 Å². The predicted octanol–water partition coefficient (Wildman–Crippen LogP) is 5.73. The van der Waals surface area contributed by atoms with Gasteiger partial charge in [0.2, 0.25) is 0 Å². The summed E-state index contributed by atoms with van der Waals surface area (Å²) in [5.41, 5.74) is -0.184. The number of rotatable bonds is 5. The predicted molar refractivity (Wildman–Crippen MR) is 123 cm³/mol. The number of carbonyl (C=O) groups is 1. The Morgan fingerprint density at radius 3 is 2.45 bits per heavy atom. The minimum Gasteiger partial charge on any atom is -0.463 e. The van der Waals surface area contributed by atoms with Crippen LogP contribution in [0.15, 0.2) is 0 Å². The normalized spacial score (nSPS) is 44.2. The second-order valence-corrected chi connectivity index (χ2v) is 12.7. The molecule has 1 spiro atoms. The van der Waals surface area contributed by atoms with E-state index in [1.54, 1.807) is 0 Å². The maximum absolute atomic E-state index is 11.7. The van der Waals surface area contributed by atoms with E-state index in [1.807, 2.05) is 13.8 Å². The van der Waals surface area contributed by atoms with E-state index in [2.05, 4.69) is 6.92 Å². The summed E-state index contributed by atoms with van der Waals surface area (Å²) in [6.45, 7) is 9.41. The SMILES string of the molecule is CC(=O)O[C@@H]1CC[C@]2(CCC(C)(C)OO)C3CCC4(C)[C@@H](CCC45OCCO5)C3CC[C@@H]2C1. The fourth-order valence-electron chi connectivity index (χ4n) is 9.32. The van der Waals surface area contributed by atoms with E-state index < -0.39 is 5.60 Å². The van der Waals surface area contributed by atoms with Crippen LogP contribution in [0, 0.1) is 34.5 Å². The Morgan fingerprint density at radius 2 is 1.76 bits per heavy atom. The monoisotopic (exact) mass is 464 g/mol. The molecule has 1 aliphatic heterocycles. The lowest BCUT2D eigenvalue weighted by atomic mass is 9.43. The molecule has 0 aromatic carbocycles. The number of ether oxygens (including phenoxy) is 3. The van der Waals surface area contributed by atoms with Crippen LogP contribution >= 0.6 is 0 Å². The van der Waals surface area contributed by atoms with Crippen molar-refractivity contribution in [3.8, 4) is 0 Å². The zero-order valence-corrected chi connectivity index (χ0v) is 21.1. The minimum absolute atomic E-state index is 0.0585. The smallest absolute Gasteiger partial charge is 0.302 e. The molecule has 5 rings (SSSR count). The van der Waals surface area contributed by atoms with Crippen molar-refractivity contribution < 1.29 is 29.1 Å². The maximum Gasteiger partial charge on any atom is 0.302 e. The lowest BCUT2D eigenvalue weighted by molar-refractivity contribution is -0.317. The molecule has 3 unspecified atom stereocenters. The number of carbonyl (C=O) groups excluding carboxylic acids is 1. The van der Waals surface area contributed by atoms with Gasteiger partial charge in [0.1, 0.15) is 6.10 Å². The first-order chi connectivity index (χ1) is 15.6. The Hall–Kier alpha value is -0.690. The quantitative estimate of drug-likeness (QED) is 0.318. The largest absolute Gasteiger partial charge is 0.463 e. The van der Waals surface area contributed by atoms with Crippen molar-refractivity contribution in [2.45, 2.75) is 116 Å². The molecule has 1 saturated heterocycles. The van der Waals surface area contributed by atoms with E-state index in [0.717, 1.165) is 51.7 Å². The van der Waals surface area contributed by atoms with E-state index in [9.17, 15) is 10.1 Å². The van der Waals surface area contributed by atoms with E-state index in [1.165, 1.54) is 39.0 Å². The van der Waals surface area contributed by atoms with Crippen LogP contribution in [-0.4, -0.2) is 41.9 Å². The zero-order chi connectivity index (χ0) is 23.5. The highest BCUT2D eigenvalue weighted by molar-refractivity contribution is 5.66. The van der Waals surface area contributed by atoms with Crippen LogP contribution in [0.2, 0.25) is 0 Å². The maximum atomic E-state index is 11.7. The summed E-state index contributed by atoms with van der Waals surface area (Å²) in [6, 6.07) is 0. The topological polar surface area (TPSA) is 74.2 Å². The molecular weight excluding hydrogens is 420 g/mol. The van der Waals surface area contributed by atoms with Gasteiger partial charge in [-0.2, -0.15) is 0 Å². The third kappa shape index (κ3) is 3.78. The molecule has 7 atom stereocenters. The summed E-state index contributed by atoms with van der Waals surface area (Å²) >= 11 is 0. The van der Waals surface area contributed by atoms with Crippen molar-refractivity contribution >= 4 is 5.97 Å². The van der Waals surface area contributed by atoms with Crippen molar-refractivity contribution in [2.24, 2.45) is 34.5 Å². The Balaban J connectivity index is 1.42. The van der Waals surface area contributed by atoms with Gasteiger partial charge in [-0.15, -0.1) is 0 Å². The van der Waals surface area contributed by atoms with Crippen molar-refractivity contribution in [3.63, 3.8) is 0 Å². The summed E-state index contributed by atoms with van der Waals surface area (Å²) in [5.74, 6) is 2.10. The standard InChI is InChI=1S/C27H44O6/c1-18(28)32-20-7-11-26(14-13-24(2,3)33-29)19(17-20)5-6-21-22-9-12-27(30-15-16-31-27)25(22,4)10-8-23(21)26/h19-23,29H,5-17H2,1-4H3/t19-,20-,21?,22+,23?,25?,26-/m1/s1. The second-order valence-electron chi connectivity index (χ2n) is 12.7. The summed E-state index contributed by atoms with van der Waals surface area (Å²) in [5, 5.41) is 9.48. The highest BCUT2D eigenvalue weighted by atomic mass is 17.1. The average molecular weight is 465 g/mol. The third-order valence-electron chi connectivity index (χ3n) is 10.9. The lowest BCUT2D eigenvalue weighted by Crippen LogP contribution is -2.58. The summed E-state index contributed by atoms with van der Waals surface area (Å²) in [6.07, 6.45) is 12.1. The third-order valence-corrected chi connectivity index (χ3v) is 10.9. The molecule has 4 aliphatic carbocycles. The van der Waals surface area contributed by atoms with Gasteiger partial charge >= 0.3 is 5.97 Å². The zero-order valence-electron chi connectivity index (χ0n) is 21.1.